The molecule has 0 aliphatic heterocycles. The number of hydrogen-bond acceptors (Lipinski definition) is 3. The summed E-state index contributed by atoms with van der Waals surface area (Å²) in [5, 5.41) is 14.1. The van der Waals surface area contributed by atoms with Crippen molar-refractivity contribution >= 4 is 0 Å². The van der Waals surface area contributed by atoms with E-state index in [0.29, 0.717) is 6.42 Å². The Kier molecular flexibility index (Phi) is 2.06. The number of nitrogens with zero attached hydrogens (tertiary/aromatic N) is 3. The number of hydrogen-bond donors (Lipinski definition) is 1. The van der Waals surface area contributed by atoms with E-state index in [2.05, 4.69) is 10.2 Å². The zero-order valence-corrected chi connectivity index (χ0v) is 6.11. The molecular weight excluding hydrogens is 144 g/mol. The summed E-state index contributed by atoms with van der Waals surface area (Å²) in [5.41, 5.74) is -0.271. The van der Waals surface area contributed by atoms with E-state index in [1.165, 1.54) is 10.9 Å². The van der Waals surface area contributed by atoms with Crippen LogP contribution in [0.2, 0.25) is 0 Å². The van der Waals surface area contributed by atoms with Crippen molar-refractivity contribution in [2.75, 3.05) is 0 Å². The van der Waals surface area contributed by atoms with E-state index in [4.69, 9.17) is 5.26 Å². The Balaban J connectivity index is 2.86. The van der Waals surface area contributed by atoms with Crippen molar-refractivity contribution in [3.05, 3.63) is 16.8 Å². The summed E-state index contributed by atoms with van der Waals surface area (Å²) in [6.45, 7) is 1.79. The molecule has 1 N–H and O–H groups in total. The molecule has 0 amide bonds. The third-order valence-electron chi connectivity index (χ3n) is 1.44. The molecular formula is C6H8N4O. The molecule has 0 saturated carbocycles. The van der Waals surface area contributed by atoms with Crippen molar-refractivity contribution in [2.45, 2.75) is 19.4 Å². The van der Waals surface area contributed by atoms with Crippen LogP contribution in [0.25, 0.3) is 0 Å². The molecule has 1 rings (SSSR count). The van der Waals surface area contributed by atoms with Gasteiger partial charge in [0.15, 0.2) is 0 Å². The number of aromatic nitrogens is 3. The first kappa shape index (κ1) is 7.54. The van der Waals surface area contributed by atoms with E-state index in [0.717, 1.165) is 0 Å². The Morgan fingerprint density at radius 2 is 2.73 bits per heavy atom. The Bertz CT molecular complexity index is 318. The highest BCUT2D eigenvalue weighted by Crippen LogP contribution is 2.03. The van der Waals surface area contributed by atoms with Crippen molar-refractivity contribution in [2.24, 2.45) is 0 Å². The molecule has 0 spiro atoms. The lowest BCUT2D eigenvalue weighted by atomic mass is 10.2. The first-order valence-electron chi connectivity index (χ1n) is 3.24. The first-order chi connectivity index (χ1) is 5.25. The summed E-state index contributed by atoms with van der Waals surface area (Å²) in [6.07, 6.45) is 1.71. The van der Waals surface area contributed by atoms with Crippen LogP contribution in [0.15, 0.2) is 11.1 Å². The Morgan fingerprint density at radius 3 is 3.18 bits per heavy atom. The van der Waals surface area contributed by atoms with E-state index in [9.17, 15) is 4.79 Å². The lowest BCUT2D eigenvalue weighted by Gasteiger charge is -2.04. The fourth-order valence-corrected chi connectivity index (χ4v) is 0.801. The van der Waals surface area contributed by atoms with Crippen LogP contribution in [0.1, 0.15) is 19.4 Å². The molecule has 0 fully saturated rings. The van der Waals surface area contributed by atoms with Gasteiger partial charge < -0.3 is 0 Å². The number of rotatable bonds is 2. The van der Waals surface area contributed by atoms with Gasteiger partial charge in [0.2, 0.25) is 0 Å². The summed E-state index contributed by atoms with van der Waals surface area (Å²) in [5.74, 6) is 0. The minimum absolute atomic E-state index is 0.105. The normalized spacial score (nSPS) is 12.4. The van der Waals surface area contributed by atoms with Gasteiger partial charge in [-0.05, 0) is 6.92 Å². The largest absolute Gasteiger partial charge is 0.343 e. The standard InChI is InChI=1S/C6H8N4O/c1-5(2-3-7)10-4-8-9-6(10)11/h4-5H,2H2,1H3,(H,9,11). The van der Waals surface area contributed by atoms with Gasteiger partial charge in [-0.1, -0.05) is 0 Å². The van der Waals surface area contributed by atoms with Crippen LogP contribution >= 0.6 is 0 Å². The van der Waals surface area contributed by atoms with Gasteiger partial charge in [-0.25, -0.2) is 9.89 Å². The second-order valence-electron chi connectivity index (χ2n) is 2.28. The number of nitrogens with one attached hydrogen (secondary N) is 1. The predicted octanol–water partition coefficient (Wildman–Crippen LogP) is 0.0461. The highest BCUT2D eigenvalue weighted by Gasteiger charge is 2.05. The van der Waals surface area contributed by atoms with Gasteiger partial charge in [-0.3, -0.25) is 4.57 Å². The van der Waals surface area contributed by atoms with Gasteiger partial charge >= 0.3 is 5.69 Å². The minimum Gasteiger partial charge on any atom is -0.278 e. The van der Waals surface area contributed by atoms with Crippen molar-refractivity contribution in [1.29, 1.82) is 5.26 Å². The smallest absolute Gasteiger partial charge is 0.278 e. The van der Waals surface area contributed by atoms with Gasteiger partial charge in [0, 0.05) is 6.04 Å². The fourth-order valence-electron chi connectivity index (χ4n) is 0.801. The molecule has 58 valence electrons. The van der Waals surface area contributed by atoms with E-state index >= 15 is 0 Å². The molecule has 5 heteroatoms. The highest BCUT2D eigenvalue weighted by molar-refractivity contribution is 4.79. The third-order valence-corrected chi connectivity index (χ3v) is 1.44. The Labute approximate surface area is 63.3 Å². The maximum atomic E-state index is 10.9. The third kappa shape index (κ3) is 1.46. The Hall–Kier alpha value is -1.57. The zero-order valence-electron chi connectivity index (χ0n) is 6.11. The van der Waals surface area contributed by atoms with Crippen LogP contribution < -0.4 is 5.69 Å². The molecule has 11 heavy (non-hydrogen) atoms. The maximum absolute atomic E-state index is 10.9. The minimum atomic E-state index is -0.271. The van der Waals surface area contributed by atoms with E-state index in [1.807, 2.05) is 6.07 Å². The lowest BCUT2D eigenvalue weighted by Crippen LogP contribution is -2.19. The maximum Gasteiger partial charge on any atom is 0.343 e. The fraction of sp³-hybridized carbons (Fsp3) is 0.500. The molecule has 1 heterocycles. The molecule has 1 atom stereocenters. The van der Waals surface area contributed by atoms with Crippen LogP contribution in [0.5, 0.6) is 0 Å². The van der Waals surface area contributed by atoms with Crippen LogP contribution in [0.4, 0.5) is 0 Å². The van der Waals surface area contributed by atoms with Gasteiger partial charge in [-0.2, -0.15) is 10.4 Å². The molecule has 0 aromatic carbocycles. The van der Waals surface area contributed by atoms with E-state index in [-0.39, 0.29) is 11.7 Å². The number of aromatic amines is 1. The first-order valence-corrected chi connectivity index (χ1v) is 3.24. The van der Waals surface area contributed by atoms with Gasteiger partial charge in [0.1, 0.15) is 6.33 Å². The van der Waals surface area contributed by atoms with Crippen molar-refractivity contribution < 1.29 is 0 Å². The molecule has 1 aromatic rings. The van der Waals surface area contributed by atoms with E-state index < -0.39 is 0 Å². The van der Waals surface area contributed by atoms with Crippen LogP contribution in [-0.2, 0) is 0 Å². The molecule has 1 unspecified atom stereocenters. The molecule has 0 aliphatic rings. The quantitative estimate of drug-likeness (QED) is 0.650. The second kappa shape index (κ2) is 3.01. The molecule has 0 radical (unpaired) electrons. The van der Waals surface area contributed by atoms with Crippen molar-refractivity contribution in [3.8, 4) is 6.07 Å². The summed E-state index contributed by atoms with van der Waals surface area (Å²) < 4.78 is 1.39. The van der Waals surface area contributed by atoms with E-state index in [1.54, 1.807) is 6.92 Å². The van der Waals surface area contributed by atoms with Crippen molar-refractivity contribution in [1.82, 2.24) is 14.8 Å². The molecule has 0 saturated heterocycles. The second-order valence-corrected chi connectivity index (χ2v) is 2.28. The summed E-state index contributed by atoms with van der Waals surface area (Å²) in [6, 6.07) is 1.88. The van der Waals surface area contributed by atoms with Gasteiger partial charge in [-0.15, -0.1) is 0 Å². The van der Waals surface area contributed by atoms with Crippen LogP contribution in [0, 0.1) is 11.3 Å². The SMILES string of the molecule is CC(CC#N)n1cn[nH]c1=O. The molecule has 5 nitrogen and oxygen atoms in total. The average Bonchev–Trinajstić information content (AvgIpc) is 2.36. The summed E-state index contributed by atoms with van der Waals surface area (Å²) >= 11 is 0. The topological polar surface area (TPSA) is 74.5 Å². The zero-order chi connectivity index (χ0) is 8.27. The number of nitriles is 1. The highest BCUT2D eigenvalue weighted by atomic mass is 16.1. The number of H-pyrrole nitrogens is 1. The Morgan fingerprint density at radius 1 is 2.00 bits per heavy atom. The van der Waals surface area contributed by atoms with Crippen LogP contribution in [-0.4, -0.2) is 14.8 Å². The average molecular weight is 152 g/mol. The molecule has 0 aliphatic carbocycles. The van der Waals surface area contributed by atoms with Gasteiger partial charge in [0.25, 0.3) is 0 Å². The summed E-state index contributed by atoms with van der Waals surface area (Å²) in [4.78, 5) is 10.9. The molecule has 1 aromatic heterocycles. The lowest BCUT2D eigenvalue weighted by molar-refractivity contribution is 0.541. The van der Waals surface area contributed by atoms with Gasteiger partial charge in [0.05, 0.1) is 12.5 Å². The molecule has 0 bridgehead atoms. The summed E-state index contributed by atoms with van der Waals surface area (Å²) in [7, 11) is 0. The van der Waals surface area contributed by atoms with Crippen molar-refractivity contribution in [3.63, 3.8) is 0 Å². The predicted molar refractivity (Wildman–Crippen MR) is 37.8 cm³/mol. The van der Waals surface area contributed by atoms with Crippen LogP contribution in [0.3, 0.4) is 0 Å². The monoisotopic (exact) mass is 152 g/mol.